The molecule has 2 N–H and O–H groups in total. The molecule has 0 aromatic heterocycles. The lowest BCUT2D eigenvalue weighted by molar-refractivity contribution is 0.0696. The Bertz CT molecular complexity index is 875. The van der Waals surface area contributed by atoms with Crippen molar-refractivity contribution in [2.75, 3.05) is 19.6 Å². The molecular formula is C24H28N2O2. The van der Waals surface area contributed by atoms with Gasteiger partial charge in [-0.15, -0.1) is 0 Å². The minimum Gasteiger partial charge on any atom is -0.478 e. The van der Waals surface area contributed by atoms with E-state index in [1.54, 1.807) is 6.07 Å². The fourth-order valence-electron chi connectivity index (χ4n) is 4.76. The van der Waals surface area contributed by atoms with Crippen LogP contribution in [0.15, 0.2) is 48.5 Å². The smallest absolute Gasteiger partial charge is 0.335 e. The van der Waals surface area contributed by atoms with Crippen molar-refractivity contribution in [3.63, 3.8) is 0 Å². The Balaban J connectivity index is 1.16. The highest BCUT2D eigenvalue weighted by Gasteiger charge is 2.46. The Morgan fingerprint density at radius 3 is 2.71 bits per heavy atom. The highest BCUT2D eigenvalue weighted by Crippen LogP contribution is 2.48. The summed E-state index contributed by atoms with van der Waals surface area (Å²) < 4.78 is 0. The maximum absolute atomic E-state index is 11.3. The highest BCUT2D eigenvalue weighted by molar-refractivity contribution is 5.87. The number of aromatic carboxylic acids is 1. The Labute approximate surface area is 166 Å². The molecule has 2 saturated carbocycles. The summed E-state index contributed by atoms with van der Waals surface area (Å²) in [4.78, 5) is 13.8. The van der Waals surface area contributed by atoms with E-state index in [-0.39, 0.29) is 0 Å². The van der Waals surface area contributed by atoms with Gasteiger partial charge in [-0.05, 0) is 59.9 Å². The third kappa shape index (κ3) is 3.71. The third-order valence-corrected chi connectivity index (χ3v) is 6.82. The second-order valence-corrected chi connectivity index (χ2v) is 8.99. The number of fused-ring (bicyclic) bond motifs is 1. The van der Waals surface area contributed by atoms with Crippen molar-refractivity contribution < 1.29 is 9.90 Å². The molecule has 0 radical (unpaired) electrons. The predicted octanol–water partition coefficient (Wildman–Crippen LogP) is 3.67. The first-order valence-corrected chi connectivity index (χ1v) is 10.5. The summed E-state index contributed by atoms with van der Waals surface area (Å²) >= 11 is 0. The van der Waals surface area contributed by atoms with Gasteiger partial charge in [0.15, 0.2) is 0 Å². The summed E-state index contributed by atoms with van der Waals surface area (Å²) in [7, 11) is 0. The van der Waals surface area contributed by atoms with Crippen LogP contribution >= 0.6 is 0 Å². The Kier molecular flexibility index (Phi) is 4.48. The van der Waals surface area contributed by atoms with E-state index in [2.05, 4.69) is 40.5 Å². The molecule has 0 bridgehead atoms. The molecule has 2 atom stereocenters. The average Bonchev–Trinajstić information content (AvgIpc) is 3.63. The van der Waals surface area contributed by atoms with E-state index in [4.69, 9.17) is 0 Å². The van der Waals surface area contributed by atoms with Gasteiger partial charge in [-0.25, -0.2) is 4.79 Å². The van der Waals surface area contributed by atoms with E-state index in [9.17, 15) is 9.90 Å². The van der Waals surface area contributed by atoms with Gasteiger partial charge in [-0.2, -0.15) is 0 Å². The normalized spacial score (nSPS) is 25.1. The van der Waals surface area contributed by atoms with Gasteiger partial charge in [0.1, 0.15) is 0 Å². The third-order valence-electron chi connectivity index (χ3n) is 6.82. The Hall–Kier alpha value is -2.17. The zero-order valence-electron chi connectivity index (χ0n) is 16.2. The Morgan fingerprint density at radius 2 is 1.96 bits per heavy atom. The zero-order chi connectivity index (χ0) is 19.1. The average molecular weight is 377 g/mol. The molecule has 2 aromatic rings. The van der Waals surface area contributed by atoms with Crippen molar-refractivity contribution >= 4 is 5.97 Å². The lowest BCUT2D eigenvalue weighted by atomic mass is 9.96. The van der Waals surface area contributed by atoms with E-state index >= 15 is 0 Å². The minimum absolute atomic E-state index is 0.407. The van der Waals surface area contributed by atoms with Crippen LogP contribution in [0.2, 0.25) is 0 Å². The zero-order valence-corrected chi connectivity index (χ0v) is 16.2. The molecule has 5 rings (SSSR count). The molecule has 0 saturated heterocycles. The summed E-state index contributed by atoms with van der Waals surface area (Å²) in [6.07, 6.45) is 4.90. The molecule has 4 heteroatoms. The van der Waals surface area contributed by atoms with E-state index in [1.807, 2.05) is 12.1 Å². The molecule has 0 spiro atoms. The van der Waals surface area contributed by atoms with Crippen molar-refractivity contribution in [3.05, 3.63) is 70.8 Å². The van der Waals surface area contributed by atoms with Crippen LogP contribution in [0, 0.1) is 5.41 Å². The summed E-state index contributed by atoms with van der Waals surface area (Å²) in [6.45, 7) is 4.20. The number of carbonyl (C=O) groups is 1. The SMILES string of the molecule is O=C(O)c1ccc2c(c1)CN(CC1(CN[C@H]3CC3c3ccccc3)CC1)CC2. The summed E-state index contributed by atoms with van der Waals surface area (Å²) in [5.74, 6) is -0.145. The molecule has 0 amide bonds. The van der Waals surface area contributed by atoms with Crippen molar-refractivity contribution in [2.24, 2.45) is 5.41 Å². The number of benzene rings is 2. The Morgan fingerprint density at radius 1 is 1.14 bits per heavy atom. The van der Waals surface area contributed by atoms with Crippen LogP contribution in [0.3, 0.4) is 0 Å². The van der Waals surface area contributed by atoms with Gasteiger partial charge in [0.2, 0.25) is 0 Å². The molecular weight excluding hydrogens is 348 g/mol. The van der Waals surface area contributed by atoms with Gasteiger partial charge < -0.3 is 10.4 Å². The molecule has 3 aliphatic rings. The molecule has 1 unspecified atom stereocenters. The number of nitrogens with one attached hydrogen (secondary N) is 1. The first kappa shape index (κ1) is 17.9. The number of rotatable bonds is 7. The van der Waals surface area contributed by atoms with Crippen LogP contribution in [0.25, 0.3) is 0 Å². The molecule has 2 aromatic carbocycles. The number of hydrogen-bond acceptors (Lipinski definition) is 3. The fourth-order valence-corrected chi connectivity index (χ4v) is 4.76. The molecule has 4 nitrogen and oxygen atoms in total. The number of nitrogens with zero attached hydrogens (tertiary/aromatic N) is 1. The monoisotopic (exact) mass is 376 g/mol. The van der Waals surface area contributed by atoms with Gasteiger partial charge in [-0.3, -0.25) is 4.90 Å². The van der Waals surface area contributed by atoms with Gasteiger partial charge in [0.25, 0.3) is 0 Å². The maximum Gasteiger partial charge on any atom is 0.335 e. The maximum atomic E-state index is 11.3. The van der Waals surface area contributed by atoms with Crippen LogP contribution < -0.4 is 5.32 Å². The van der Waals surface area contributed by atoms with Crippen LogP contribution in [0.4, 0.5) is 0 Å². The standard InChI is InChI=1S/C24H28N2O2/c27-23(28)19-7-6-17-8-11-26(14-20(17)12-19)16-24(9-10-24)15-25-22-13-21(22)18-4-2-1-3-5-18/h1-7,12,21-22,25H,8-11,13-16H2,(H,27,28)/t21?,22-/m0/s1. The van der Waals surface area contributed by atoms with E-state index in [0.29, 0.717) is 22.9 Å². The second kappa shape index (κ2) is 7.02. The van der Waals surface area contributed by atoms with Gasteiger partial charge in [-0.1, -0.05) is 36.4 Å². The van der Waals surface area contributed by atoms with Crippen LogP contribution in [0.1, 0.15) is 52.2 Å². The molecule has 2 aliphatic carbocycles. The summed E-state index contributed by atoms with van der Waals surface area (Å²) in [5.41, 5.74) is 4.80. The lowest BCUT2D eigenvalue weighted by Crippen LogP contribution is -2.39. The minimum atomic E-state index is -0.833. The largest absolute Gasteiger partial charge is 0.478 e. The van der Waals surface area contributed by atoms with E-state index in [1.165, 1.54) is 36.0 Å². The van der Waals surface area contributed by atoms with Crippen LogP contribution in [-0.4, -0.2) is 41.7 Å². The summed E-state index contributed by atoms with van der Waals surface area (Å²) in [6, 6.07) is 17.1. The number of carboxylic acid groups (broad SMARTS) is 1. The predicted molar refractivity (Wildman–Crippen MR) is 110 cm³/mol. The van der Waals surface area contributed by atoms with Crippen molar-refractivity contribution in [2.45, 2.75) is 44.2 Å². The quantitative estimate of drug-likeness (QED) is 0.774. The van der Waals surface area contributed by atoms with Gasteiger partial charge in [0, 0.05) is 38.1 Å². The molecule has 2 fully saturated rings. The molecule has 28 heavy (non-hydrogen) atoms. The lowest BCUT2D eigenvalue weighted by Gasteiger charge is -2.32. The number of carboxylic acids is 1. The highest BCUT2D eigenvalue weighted by atomic mass is 16.4. The number of hydrogen-bond donors (Lipinski definition) is 2. The van der Waals surface area contributed by atoms with Crippen molar-refractivity contribution in [1.82, 2.24) is 10.2 Å². The van der Waals surface area contributed by atoms with Crippen molar-refractivity contribution in [1.29, 1.82) is 0 Å². The molecule has 1 aliphatic heterocycles. The van der Waals surface area contributed by atoms with Gasteiger partial charge in [0.05, 0.1) is 5.56 Å². The van der Waals surface area contributed by atoms with Gasteiger partial charge >= 0.3 is 5.97 Å². The first-order chi connectivity index (χ1) is 13.6. The van der Waals surface area contributed by atoms with Crippen molar-refractivity contribution in [3.8, 4) is 0 Å². The van der Waals surface area contributed by atoms with Crippen LogP contribution in [0.5, 0.6) is 0 Å². The topological polar surface area (TPSA) is 52.6 Å². The second-order valence-electron chi connectivity index (χ2n) is 8.99. The fraction of sp³-hybridized carbons (Fsp3) is 0.458. The molecule has 1 heterocycles. The summed E-state index contributed by atoms with van der Waals surface area (Å²) in [5, 5.41) is 13.1. The first-order valence-electron chi connectivity index (χ1n) is 10.5. The van der Waals surface area contributed by atoms with E-state index < -0.39 is 5.97 Å². The van der Waals surface area contributed by atoms with Crippen LogP contribution in [-0.2, 0) is 13.0 Å². The van der Waals surface area contributed by atoms with E-state index in [0.717, 1.165) is 32.6 Å². The molecule has 146 valence electrons.